The van der Waals surface area contributed by atoms with Gasteiger partial charge >= 0.3 is 0 Å². The number of aliphatic hydroxyl groups is 1. The molecular formula is C15H17NO2S. The van der Waals surface area contributed by atoms with Crippen LogP contribution in [0.5, 0.6) is 0 Å². The van der Waals surface area contributed by atoms with E-state index in [-0.39, 0.29) is 6.61 Å². The van der Waals surface area contributed by atoms with Gasteiger partial charge < -0.3 is 9.52 Å². The Hall–Kier alpha value is -1.54. The standard InChI is InChI=1S/C15H17NO2S/c1-12-14(5-7-18-12)9-16(2)10-15-8-13(11-19-15)4-3-6-17/h5,7-8,11,17H,6,9-10H2,1-2H3. The van der Waals surface area contributed by atoms with E-state index in [4.69, 9.17) is 9.52 Å². The molecule has 2 heterocycles. The molecule has 100 valence electrons. The Morgan fingerprint density at radius 2 is 2.26 bits per heavy atom. The van der Waals surface area contributed by atoms with Gasteiger partial charge in [0, 0.05) is 34.5 Å². The Bertz CT molecular complexity index is 589. The molecule has 0 aromatic carbocycles. The lowest BCUT2D eigenvalue weighted by Gasteiger charge is -2.14. The van der Waals surface area contributed by atoms with Crippen molar-refractivity contribution in [3.63, 3.8) is 0 Å². The van der Waals surface area contributed by atoms with Gasteiger partial charge in [0.15, 0.2) is 0 Å². The van der Waals surface area contributed by atoms with Gasteiger partial charge in [-0.2, -0.15) is 0 Å². The third kappa shape index (κ3) is 3.97. The minimum absolute atomic E-state index is 0.0924. The van der Waals surface area contributed by atoms with E-state index in [0.717, 1.165) is 24.4 Å². The summed E-state index contributed by atoms with van der Waals surface area (Å²) in [5, 5.41) is 10.7. The van der Waals surface area contributed by atoms with E-state index in [1.807, 2.05) is 18.4 Å². The fourth-order valence-electron chi connectivity index (χ4n) is 1.86. The van der Waals surface area contributed by atoms with Gasteiger partial charge in [0.25, 0.3) is 0 Å². The average molecular weight is 275 g/mol. The molecule has 0 fully saturated rings. The molecule has 0 radical (unpaired) electrons. The topological polar surface area (TPSA) is 36.6 Å². The van der Waals surface area contributed by atoms with Crippen LogP contribution >= 0.6 is 11.3 Å². The van der Waals surface area contributed by atoms with Crippen LogP contribution in [-0.4, -0.2) is 23.7 Å². The second-order valence-corrected chi connectivity index (χ2v) is 5.43. The lowest BCUT2D eigenvalue weighted by molar-refractivity contribution is 0.319. The van der Waals surface area contributed by atoms with Crippen molar-refractivity contribution in [2.75, 3.05) is 13.7 Å². The lowest BCUT2D eigenvalue weighted by atomic mass is 10.2. The van der Waals surface area contributed by atoms with Gasteiger partial charge in [-0.05, 0) is 26.1 Å². The number of hydrogen-bond donors (Lipinski definition) is 1. The van der Waals surface area contributed by atoms with E-state index >= 15 is 0 Å². The molecule has 0 saturated carbocycles. The zero-order valence-electron chi connectivity index (χ0n) is 11.1. The summed E-state index contributed by atoms with van der Waals surface area (Å²) in [4.78, 5) is 3.51. The maximum absolute atomic E-state index is 8.66. The third-order valence-corrected chi connectivity index (χ3v) is 3.72. The maximum Gasteiger partial charge on any atom is 0.105 e. The SMILES string of the molecule is Cc1occc1CN(C)Cc1cc(C#CCO)cs1. The molecule has 2 rings (SSSR count). The molecule has 19 heavy (non-hydrogen) atoms. The first-order chi connectivity index (χ1) is 9.19. The van der Waals surface area contributed by atoms with Crippen LogP contribution in [0.25, 0.3) is 0 Å². The van der Waals surface area contributed by atoms with E-state index in [1.54, 1.807) is 17.6 Å². The highest BCUT2D eigenvalue weighted by molar-refractivity contribution is 7.10. The van der Waals surface area contributed by atoms with Gasteiger partial charge in [-0.15, -0.1) is 11.3 Å². The number of thiophene rings is 1. The molecule has 0 saturated heterocycles. The fraction of sp³-hybridized carbons (Fsp3) is 0.333. The van der Waals surface area contributed by atoms with Gasteiger partial charge in [-0.1, -0.05) is 11.8 Å². The highest BCUT2D eigenvalue weighted by Gasteiger charge is 2.07. The van der Waals surface area contributed by atoms with Crippen LogP contribution in [0, 0.1) is 18.8 Å². The summed E-state index contributed by atoms with van der Waals surface area (Å²) >= 11 is 1.70. The predicted octanol–water partition coefficient (Wildman–Crippen LogP) is 2.63. The van der Waals surface area contributed by atoms with Gasteiger partial charge in [0.1, 0.15) is 12.4 Å². The highest BCUT2D eigenvalue weighted by atomic mass is 32.1. The molecule has 0 aliphatic heterocycles. The zero-order chi connectivity index (χ0) is 13.7. The summed E-state index contributed by atoms with van der Waals surface area (Å²) in [6, 6.07) is 4.09. The zero-order valence-corrected chi connectivity index (χ0v) is 12.0. The normalized spacial score (nSPS) is 10.5. The number of aliphatic hydroxyl groups excluding tert-OH is 1. The molecule has 2 aromatic heterocycles. The van der Waals surface area contributed by atoms with E-state index in [1.165, 1.54) is 10.4 Å². The third-order valence-electron chi connectivity index (χ3n) is 2.80. The molecule has 0 unspecified atom stereocenters. The van der Waals surface area contributed by atoms with Gasteiger partial charge in [-0.25, -0.2) is 0 Å². The molecule has 0 aliphatic carbocycles. The number of rotatable bonds is 4. The van der Waals surface area contributed by atoms with E-state index in [2.05, 4.69) is 29.9 Å². The number of nitrogens with zero attached hydrogens (tertiary/aromatic N) is 1. The lowest BCUT2D eigenvalue weighted by Crippen LogP contribution is -2.16. The van der Waals surface area contributed by atoms with Crippen LogP contribution in [-0.2, 0) is 13.1 Å². The van der Waals surface area contributed by atoms with Crippen LogP contribution in [0.2, 0.25) is 0 Å². The van der Waals surface area contributed by atoms with Crippen molar-refractivity contribution in [2.45, 2.75) is 20.0 Å². The van der Waals surface area contributed by atoms with Crippen molar-refractivity contribution in [3.05, 3.63) is 45.5 Å². The summed E-state index contributed by atoms with van der Waals surface area (Å²) in [5.41, 5.74) is 2.20. The number of aryl methyl sites for hydroxylation is 1. The first-order valence-electron chi connectivity index (χ1n) is 6.07. The molecule has 0 aliphatic rings. The highest BCUT2D eigenvalue weighted by Crippen LogP contribution is 2.18. The summed E-state index contributed by atoms with van der Waals surface area (Å²) in [6.07, 6.45) is 1.73. The van der Waals surface area contributed by atoms with Crippen molar-refractivity contribution in [1.82, 2.24) is 4.90 Å². The molecule has 2 aromatic rings. The van der Waals surface area contributed by atoms with Crippen molar-refractivity contribution >= 4 is 11.3 Å². The second kappa shape index (κ2) is 6.58. The Kier molecular flexibility index (Phi) is 4.80. The Morgan fingerprint density at radius 1 is 1.42 bits per heavy atom. The van der Waals surface area contributed by atoms with Crippen molar-refractivity contribution in [2.24, 2.45) is 0 Å². The average Bonchev–Trinajstić information content (AvgIpc) is 2.97. The molecule has 0 bridgehead atoms. The Labute approximate surface area is 117 Å². The minimum atomic E-state index is -0.0924. The molecule has 0 atom stereocenters. The summed E-state index contributed by atoms with van der Waals surface area (Å²) < 4.78 is 5.30. The predicted molar refractivity (Wildman–Crippen MR) is 76.9 cm³/mol. The molecular weight excluding hydrogens is 258 g/mol. The first-order valence-corrected chi connectivity index (χ1v) is 6.95. The maximum atomic E-state index is 8.66. The smallest absolute Gasteiger partial charge is 0.105 e. The largest absolute Gasteiger partial charge is 0.469 e. The summed E-state index contributed by atoms with van der Waals surface area (Å²) in [6.45, 7) is 3.65. The van der Waals surface area contributed by atoms with Crippen molar-refractivity contribution in [1.29, 1.82) is 0 Å². The summed E-state index contributed by atoms with van der Waals surface area (Å²) in [5.74, 6) is 6.56. The quantitative estimate of drug-likeness (QED) is 0.871. The molecule has 0 spiro atoms. The Balaban J connectivity index is 1.93. The molecule has 3 nitrogen and oxygen atoms in total. The minimum Gasteiger partial charge on any atom is -0.469 e. The van der Waals surface area contributed by atoms with Gasteiger partial charge in [-0.3, -0.25) is 4.90 Å². The van der Waals surface area contributed by atoms with Crippen molar-refractivity contribution < 1.29 is 9.52 Å². The number of hydrogen-bond acceptors (Lipinski definition) is 4. The monoisotopic (exact) mass is 275 g/mol. The number of furan rings is 1. The van der Waals surface area contributed by atoms with Crippen LogP contribution in [0.4, 0.5) is 0 Å². The van der Waals surface area contributed by atoms with Crippen LogP contribution in [0.1, 0.15) is 21.8 Å². The van der Waals surface area contributed by atoms with Crippen LogP contribution < -0.4 is 0 Å². The van der Waals surface area contributed by atoms with E-state index in [9.17, 15) is 0 Å². The van der Waals surface area contributed by atoms with E-state index < -0.39 is 0 Å². The van der Waals surface area contributed by atoms with Gasteiger partial charge in [0.2, 0.25) is 0 Å². The fourth-order valence-corrected chi connectivity index (χ4v) is 2.75. The summed E-state index contributed by atoms with van der Waals surface area (Å²) in [7, 11) is 2.09. The Morgan fingerprint density at radius 3 is 2.95 bits per heavy atom. The second-order valence-electron chi connectivity index (χ2n) is 4.44. The van der Waals surface area contributed by atoms with E-state index in [0.29, 0.717) is 0 Å². The molecule has 4 heteroatoms. The van der Waals surface area contributed by atoms with Crippen LogP contribution in [0.15, 0.2) is 28.2 Å². The molecule has 1 N–H and O–H groups in total. The first kappa shape index (κ1) is 13.9. The van der Waals surface area contributed by atoms with Crippen LogP contribution in [0.3, 0.4) is 0 Å². The van der Waals surface area contributed by atoms with Gasteiger partial charge in [0.05, 0.1) is 6.26 Å². The van der Waals surface area contributed by atoms with Crippen molar-refractivity contribution in [3.8, 4) is 11.8 Å². The molecule has 0 amide bonds.